The lowest BCUT2D eigenvalue weighted by Gasteiger charge is -2.31. The number of benzene rings is 2. The highest BCUT2D eigenvalue weighted by atomic mass is 16.5. The highest BCUT2D eigenvalue weighted by molar-refractivity contribution is 5.97. The SMILES string of the molecule is COc1cc(C(=O)N/N=C(/C)[C@@H](c2ccccc2)[NH+]2CCOCC2)cc(OC)c1OC. The maximum atomic E-state index is 12.8. The number of hydrogen-bond donors (Lipinski definition) is 2. The number of rotatable bonds is 8. The van der Waals surface area contributed by atoms with E-state index in [9.17, 15) is 4.79 Å². The molecule has 1 heterocycles. The van der Waals surface area contributed by atoms with Crippen molar-refractivity contribution in [3.8, 4) is 17.2 Å². The number of methoxy groups -OCH3 is 3. The molecule has 0 bridgehead atoms. The number of quaternary nitrogens is 1. The van der Waals surface area contributed by atoms with Crippen molar-refractivity contribution in [2.45, 2.75) is 13.0 Å². The van der Waals surface area contributed by atoms with Crippen molar-refractivity contribution in [1.29, 1.82) is 0 Å². The van der Waals surface area contributed by atoms with Crippen LogP contribution in [0.25, 0.3) is 0 Å². The van der Waals surface area contributed by atoms with Crippen molar-refractivity contribution >= 4 is 11.6 Å². The molecule has 2 N–H and O–H groups in total. The second kappa shape index (κ2) is 10.8. The molecule has 0 saturated carbocycles. The van der Waals surface area contributed by atoms with E-state index in [1.165, 1.54) is 26.2 Å². The van der Waals surface area contributed by atoms with Crippen LogP contribution in [0.3, 0.4) is 0 Å². The fourth-order valence-corrected chi connectivity index (χ4v) is 3.82. The molecular formula is C23H30N3O5+. The summed E-state index contributed by atoms with van der Waals surface area (Å²) in [7, 11) is 4.54. The largest absolute Gasteiger partial charge is 0.493 e. The van der Waals surface area contributed by atoms with Gasteiger partial charge in [0.1, 0.15) is 13.1 Å². The monoisotopic (exact) mass is 428 g/mol. The number of hydrazone groups is 1. The first-order valence-corrected chi connectivity index (χ1v) is 10.2. The van der Waals surface area contributed by atoms with Crippen molar-refractivity contribution < 1.29 is 28.6 Å². The Morgan fingerprint density at radius 3 is 2.19 bits per heavy atom. The Bertz CT molecular complexity index is 886. The van der Waals surface area contributed by atoms with Gasteiger partial charge < -0.3 is 23.8 Å². The third kappa shape index (κ3) is 5.34. The molecule has 2 aromatic rings. The Hall–Kier alpha value is -3.10. The van der Waals surface area contributed by atoms with Crippen molar-refractivity contribution in [2.24, 2.45) is 5.10 Å². The van der Waals surface area contributed by atoms with Crippen LogP contribution in [0.2, 0.25) is 0 Å². The van der Waals surface area contributed by atoms with Gasteiger partial charge in [0.25, 0.3) is 5.91 Å². The Kier molecular flexibility index (Phi) is 7.86. The predicted octanol–water partition coefficient (Wildman–Crippen LogP) is 1.47. The minimum absolute atomic E-state index is 0.0327. The van der Waals surface area contributed by atoms with E-state index in [4.69, 9.17) is 18.9 Å². The molecule has 0 spiro atoms. The number of ether oxygens (including phenoxy) is 4. The second-order valence-electron chi connectivity index (χ2n) is 7.22. The minimum atomic E-state index is -0.359. The number of nitrogens with zero attached hydrogens (tertiary/aromatic N) is 1. The second-order valence-corrected chi connectivity index (χ2v) is 7.22. The quantitative estimate of drug-likeness (QED) is 0.492. The van der Waals surface area contributed by atoms with E-state index in [2.05, 4.69) is 22.7 Å². The summed E-state index contributed by atoms with van der Waals surface area (Å²) in [6.45, 7) is 5.13. The fourth-order valence-electron chi connectivity index (χ4n) is 3.82. The summed E-state index contributed by atoms with van der Waals surface area (Å²) in [5.41, 5.74) is 5.02. The molecule has 8 heteroatoms. The number of morpholine rings is 1. The maximum absolute atomic E-state index is 12.8. The van der Waals surface area contributed by atoms with Crippen LogP contribution in [-0.2, 0) is 4.74 Å². The third-order valence-electron chi connectivity index (χ3n) is 5.35. The van der Waals surface area contributed by atoms with Crippen LogP contribution in [0.4, 0.5) is 0 Å². The van der Waals surface area contributed by atoms with Gasteiger partial charge in [-0.2, -0.15) is 5.10 Å². The maximum Gasteiger partial charge on any atom is 0.271 e. The highest BCUT2D eigenvalue weighted by Crippen LogP contribution is 2.38. The molecule has 0 unspecified atom stereocenters. The molecule has 31 heavy (non-hydrogen) atoms. The van der Waals surface area contributed by atoms with Gasteiger partial charge in [-0.05, 0) is 19.1 Å². The molecule has 1 fully saturated rings. The number of carbonyl (C=O) groups is 1. The van der Waals surface area contributed by atoms with E-state index in [1.807, 2.05) is 25.1 Å². The Morgan fingerprint density at radius 2 is 1.65 bits per heavy atom. The lowest BCUT2D eigenvalue weighted by molar-refractivity contribution is -0.928. The molecule has 166 valence electrons. The van der Waals surface area contributed by atoms with Crippen molar-refractivity contribution in [1.82, 2.24) is 5.43 Å². The first-order chi connectivity index (χ1) is 15.1. The van der Waals surface area contributed by atoms with Crippen LogP contribution in [0.1, 0.15) is 28.9 Å². The van der Waals surface area contributed by atoms with Gasteiger partial charge in [0.05, 0.1) is 40.3 Å². The number of nitrogens with one attached hydrogen (secondary N) is 2. The Labute approximate surface area is 182 Å². The van der Waals surface area contributed by atoms with Gasteiger partial charge in [0.2, 0.25) is 5.75 Å². The van der Waals surface area contributed by atoms with Gasteiger partial charge in [-0.25, -0.2) is 5.43 Å². The molecule has 2 aromatic carbocycles. The zero-order chi connectivity index (χ0) is 22.2. The van der Waals surface area contributed by atoms with Gasteiger partial charge in [-0.3, -0.25) is 4.79 Å². The Balaban J connectivity index is 1.84. The summed E-state index contributed by atoms with van der Waals surface area (Å²) in [4.78, 5) is 14.2. The molecule has 0 radical (unpaired) electrons. The van der Waals surface area contributed by atoms with Crippen LogP contribution in [0.5, 0.6) is 17.2 Å². The van der Waals surface area contributed by atoms with Crippen LogP contribution in [-0.4, -0.2) is 59.3 Å². The van der Waals surface area contributed by atoms with Crippen molar-refractivity contribution in [3.05, 3.63) is 53.6 Å². The molecule has 1 atom stereocenters. The molecule has 1 aliphatic heterocycles. The van der Waals surface area contributed by atoms with Gasteiger partial charge in [-0.15, -0.1) is 0 Å². The smallest absolute Gasteiger partial charge is 0.271 e. The summed E-state index contributed by atoms with van der Waals surface area (Å²) >= 11 is 0. The standard InChI is InChI=1S/C23H29N3O5/c1-16(21(17-8-6-5-7-9-17)26-10-12-31-13-11-26)24-25-23(27)18-14-19(28-2)22(30-4)20(15-18)29-3/h5-9,14-15,21H,10-13H2,1-4H3,(H,25,27)/p+1/b24-16-/t21-/m0/s1. The third-order valence-corrected chi connectivity index (χ3v) is 5.35. The summed E-state index contributed by atoms with van der Waals surface area (Å²) in [5, 5.41) is 4.45. The average Bonchev–Trinajstić information content (AvgIpc) is 2.83. The molecule has 8 nitrogen and oxygen atoms in total. The lowest BCUT2D eigenvalue weighted by atomic mass is 10.0. The lowest BCUT2D eigenvalue weighted by Crippen LogP contribution is -3.15. The number of carbonyl (C=O) groups excluding carboxylic acids is 1. The average molecular weight is 429 g/mol. The van der Waals surface area contributed by atoms with Crippen molar-refractivity contribution in [2.75, 3.05) is 47.6 Å². The van der Waals surface area contributed by atoms with Crippen LogP contribution >= 0.6 is 0 Å². The van der Waals surface area contributed by atoms with E-state index >= 15 is 0 Å². The van der Waals surface area contributed by atoms with Crippen LogP contribution in [0.15, 0.2) is 47.6 Å². The molecule has 1 saturated heterocycles. The Morgan fingerprint density at radius 1 is 1.03 bits per heavy atom. The predicted molar refractivity (Wildman–Crippen MR) is 117 cm³/mol. The molecule has 0 aliphatic carbocycles. The van der Waals surface area contributed by atoms with Crippen molar-refractivity contribution in [3.63, 3.8) is 0 Å². The van der Waals surface area contributed by atoms with E-state index < -0.39 is 0 Å². The van der Waals surface area contributed by atoms with Gasteiger partial charge in [0.15, 0.2) is 17.5 Å². The normalized spacial score (nSPS) is 15.8. The van der Waals surface area contributed by atoms with Gasteiger partial charge >= 0.3 is 0 Å². The first-order valence-electron chi connectivity index (χ1n) is 10.2. The summed E-state index contributed by atoms with van der Waals surface area (Å²) < 4.78 is 21.5. The summed E-state index contributed by atoms with van der Waals surface area (Å²) in [5.74, 6) is 0.893. The molecular weight excluding hydrogens is 398 g/mol. The zero-order valence-corrected chi connectivity index (χ0v) is 18.4. The number of hydrogen-bond acceptors (Lipinski definition) is 6. The zero-order valence-electron chi connectivity index (χ0n) is 18.4. The van der Waals surface area contributed by atoms with E-state index in [1.54, 1.807) is 12.1 Å². The minimum Gasteiger partial charge on any atom is -0.493 e. The highest BCUT2D eigenvalue weighted by Gasteiger charge is 2.29. The molecule has 3 rings (SSSR count). The number of amides is 1. The molecule has 0 aromatic heterocycles. The first kappa shape index (κ1) is 22.6. The van der Waals surface area contributed by atoms with E-state index in [-0.39, 0.29) is 11.9 Å². The summed E-state index contributed by atoms with van der Waals surface area (Å²) in [6, 6.07) is 13.4. The fraction of sp³-hybridized carbons (Fsp3) is 0.391. The molecule has 1 aliphatic rings. The van der Waals surface area contributed by atoms with Gasteiger partial charge in [-0.1, -0.05) is 30.3 Å². The topological polar surface area (TPSA) is 82.8 Å². The van der Waals surface area contributed by atoms with E-state index in [0.29, 0.717) is 36.0 Å². The van der Waals surface area contributed by atoms with Crippen LogP contribution < -0.4 is 24.5 Å². The summed E-state index contributed by atoms with van der Waals surface area (Å²) in [6.07, 6.45) is 0. The van der Waals surface area contributed by atoms with Gasteiger partial charge in [0, 0.05) is 11.1 Å². The van der Waals surface area contributed by atoms with E-state index in [0.717, 1.165) is 24.4 Å². The molecule has 1 amide bonds. The van der Waals surface area contributed by atoms with Crippen LogP contribution in [0, 0.1) is 0 Å².